The lowest BCUT2D eigenvalue weighted by Gasteiger charge is -2.15. The first-order chi connectivity index (χ1) is 11.1. The normalized spacial score (nSPS) is 11.1. The minimum absolute atomic E-state index is 0.102. The Kier molecular flexibility index (Phi) is 13.1. The van der Waals surface area contributed by atoms with E-state index in [9.17, 15) is 4.39 Å². The van der Waals surface area contributed by atoms with Crippen molar-refractivity contribution in [3.05, 3.63) is 29.6 Å². The highest BCUT2D eigenvalue weighted by Gasteiger charge is 2.09. The zero-order valence-electron chi connectivity index (χ0n) is 15.3. The molecule has 0 saturated carbocycles. The van der Waals surface area contributed by atoms with Crippen molar-refractivity contribution in [3.8, 4) is 6.07 Å². The molecule has 1 unspecified atom stereocenters. The third kappa shape index (κ3) is 9.23. The Morgan fingerprint density at radius 2 is 1.83 bits per heavy atom. The summed E-state index contributed by atoms with van der Waals surface area (Å²) >= 11 is 0. The molecule has 0 aromatic heterocycles. The van der Waals surface area contributed by atoms with Gasteiger partial charge in [0.05, 0.1) is 11.3 Å². The largest absolute Gasteiger partial charge is 0.383 e. The monoisotopic (exact) mass is 320 g/mol. The molecule has 0 saturated heterocycles. The van der Waals surface area contributed by atoms with Crippen LogP contribution in [0.25, 0.3) is 0 Å². The van der Waals surface area contributed by atoms with Crippen LogP contribution in [0.5, 0.6) is 0 Å². The Bertz CT molecular complexity index is 451. The molecule has 0 aliphatic carbocycles. The van der Waals surface area contributed by atoms with E-state index in [1.807, 2.05) is 6.07 Å². The number of hydrogen-bond acceptors (Lipinski definition) is 2. The topological polar surface area (TPSA) is 35.8 Å². The summed E-state index contributed by atoms with van der Waals surface area (Å²) in [6.07, 6.45) is 8.56. The number of anilines is 1. The average Bonchev–Trinajstić information content (AvgIpc) is 2.55. The number of halogens is 1. The van der Waals surface area contributed by atoms with Gasteiger partial charge in [0.2, 0.25) is 0 Å². The molecule has 1 aromatic rings. The standard InChI is InChI=1S/C17H25FN2.C3H8/c1-3-5-6-8-14(4-2)11-12-20-16-10-7-9-15(13-19)17(16)18;1-3-2/h7,9-10,14,20H,3-6,8,11-12H2,1-2H3;3H2,1-2H3. The van der Waals surface area contributed by atoms with Crippen molar-refractivity contribution in [2.24, 2.45) is 5.92 Å². The predicted molar refractivity (Wildman–Crippen MR) is 98.1 cm³/mol. The number of unbranched alkanes of at least 4 members (excludes halogenated alkanes) is 2. The molecule has 23 heavy (non-hydrogen) atoms. The summed E-state index contributed by atoms with van der Waals surface area (Å²) in [5.74, 6) is 0.269. The molecule has 2 nitrogen and oxygen atoms in total. The molecule has 0 heterocycles. The Balaban J connectivity index is 0.00000149. The van der Waals surface area contributed by atoms with Gasteiger partial charge in [0.1, 0.15) is 6.07 Å². The van der Waals surface area contributed by atoms with Gasteiger partial charge in [0.15, 0.2) is 5.82 Å². The third-order valence-corrected chi connectivity index (χ3v) is 3.78. The van der Waals surface area contributed by atoms with Crippen molar-refractivity contribution in [2.75, 3.05) is 11.9 Å². The summed E-state index contributed by atoms with van der Waals surface area (Å²) in [6, 6.07) is 6.76. The van der Waals surface area contributed by atoms with E-state index in [2.05, 4.69) is 33.0 Å². The van der Waals surface area contributed by atoms with Gasteiger partial charge in [0.25, 0.3) is 0 Å². The predicted octanol–water partition coefficient (Wildman–Crippen LogP) is 6.52. The second-order valence-corrected chi connectivity index (χ2v) is 5.97. The molecule has 1 atom stereocenters. The number of hydrogen-bond donors (Lipinski definition) is 1. The molecular formula is C20H33FN2. The fraction of sp³-hybridized carbons (Fsp3) is 0.650. The Labute approximate surface area is 142 Å². The number of nitrogens with one attached hydrogen (secondary N) is 1. The summed E-state index contributed by atoms with van der Waals surface area (Å²) in [7, 11) is 0. The maximum atomic E-state index is 13.8. The van der Waals surface area contributed by atoms with Crippen molar-refractivity contribution in [1.82, 2.24) is 0 Å². The van der Waals surface area contributed by atoms with E-state index in [0.717, 1.165) is 13.0 Å². The van der Waals surface area contributed by atoms with Crippen molar-refractivity contribution in [3.63, 3.8) is 0 Å². The second-order valence-electron chi connectivity index (χ2n) is 5.97. The summed E-state index contributed by atoms with van der Waals surface area (Å²) < 4.78 is 13.8. The first kappa shape index (κ1) is 21.4. The lowest BCUT2D eigenvalue weighted by molar-refractivity contribution is 0.426. The van der Waals surface area contributed by atoms with Crippen LogP contribution >= 0.6 is 0 Å². The van der Waals surface area contributed by atoms with Crippen LogP contribution in [0.2, 0.25) is 0 Å². The fourth-order valence-corrected chi connectivity index (χ4v) is 2.40. The molecule has 0 aliphatic rings. The van der Waals surface area contributed by atoms with Crippen LogP contribution in [-0.4, -0.2) is 6.54 Å². The number of nitriles is 1. The highest BCUT2D eigenvalue weighted by Crippen LogP contribution is 2.20. The van der Waals surface area contributed by atoms with E-state index < -0.39 is 5.82 Å². The number of benzene rings is 1. The molecule has 0 fully saturated rings. The molecule has 0 aliphatic heterocycles. The minimum atomic E-state index is -0.436. The van der Waals surface area contributed by atoms with Gasteiger partial charge < -0.3 is 5.32 Å². The second kappa shape index (κ2) is 14.1. The Morgan fingerprint density at radius 1 is 1.13 bits per heavy atom. The SMILES string of the molecule is CCC.CCCCCC(CC)CCNc1cccc(C#N)c1F. The van der Waals surface area contributed by atoms with Crippen molar-refractivity contribution >= 4 is 5.69 Å². The van der Waals surface area contributed by atoms with Crippen LogP contribution in [0.4, 0.5) is 10.1 Å². The molecule has 0 amide bonds. The lowest BCUT2D eigenvalue weighted by Crippen LogP contribution is -2.10. The van der Waals surface area contributed by atoms with Crippen molar-refractivity contribution < 1.29 is 4.39 Å². The molecule has 3 heteroatoms. The highest BCUT2D eigenvalue weighted by atomic mass is 19.1. The summed E-state index contributed by atoms with van der Waals surface area (Å²) in [5, 5.41) is 11.9. The average molecular weight is 320 g/mol. The zero-order valence-corrected chi connectivity index (χ0v) is 15.3. The van der Waals surface area contributed by atoms with Crippen LogP contribution in [0.1, 0.15) is 78.2 Å². The number of rotatable bonds is 9. The molecule has 0 spiro atoms. The van der Waals surface area contributed by atoms with Gasteiger partial charge in [-0.3, -0.25) is 0 Å². The van der Waals surface area contributed by atoms with Crippen LogP contribution in [0.3, 0.4) is 0 Å². The van der Waals surface area contributed by atoms with Crippen LogP contribution < -0.4 is 5.32 Å². The minimum Gasteiger partial charge on any atom is -0.383 e. The molecule has 0 radical (unpaired) electrons. The molecule has 1 aromatic carbocycles. The van der Waals surface area contributed by atoms with Crippen molar-refractivity contribution in [1.29, 1.82) is 5.26 Å². The zero-order chi connectivity index (χ0) is 17.5. The molecule has 0 bridgehead atoms. The third-order valence-electron chi connectivity index (χ3n) is 3.78. The van der Waals surface area contributed by atoms with Gasteiger partial charge >= 0.3 is 0 Å². The lowest BCUT2D eigenvalue weighted by atomic mass is 9.95. The fourth-order valence-electron chi connectivity index (χ4n) is 2.40. The Morgan fingerprint density at radius 3 is 2.39 bits per heavy atom. The quantitative estimate of drug-likeness (QED) is 0.525. The molecular weight excluding hydrogens is 287 g/mol. The van der Waals surface area contributed by atoms with Gasteiger partial charge in [-0.2, -0.15) is 5.26 Å². The van der Waals surface area contributed by atoms with Gasteiger partial charge in [-0.15, -0.1) is 0 Å². The summed E-state index contributed by atoms with van der Waals surface area (Å²) in [6.45, 7) is 9.44. The molecule has 130 valence electrons. The highest BCUT2D eigenvalue weighted by molar-refractivity contribution is 5.50. The maximum Gasteiger partial charge on any atom is 0.164 e. The summed E-state index contributed by atoms with van der Waals surface area (Å²) in [4.78, 5) is 0. The van der Waals surface area contributed by atoms with E-state index >= 15 is 0 Å². The maximum absolute atomic E-state index is 13.8. The smallest absolute Gasteiger partial charge is 0.164 e. The first-order valence-electron chi connectivity index (χ1n) is 9.06. The van der Waals surface area contributed by atoms with Gasteiger partial charge in [-0.05, 0) is 24.5 Å². The summed E-state index contributed by atoms with van der Waals surface area (Å²) in [5.41, 5.74) is 0.539. The van der Waals surface area contributed by atoms with E-state index in [-0.39, 0.29) is 5.56 Å². The van der Waals surface area contributed by atoms with Gasteiger partial charge in [-0.25, -0.2) is 4.39 Å². The molecule has 1 rings (SSSR count). The Hall–Kier alpha value is -1.56. The van der Waals surface area contributed by atoms with Crippen molar-refractivity contribution in [2.45, 2.75) is 72.6 Å². The first-order valence-corrected chi connectivity index (χ1v) is 9.06. The van der Waals surface area contributed by atoms with Gasteiger partial charge in [0, 0.05) is 6.54 Å². The van der Waals surface area contributed by atoms with E-state index in [1.54, 1.807) is 12.1 Å². The number of nitrogens with zero attached hydrogens (tertiary/aromatic N) is 1. The van der Waals surface area contributed by atoms with E-state index in [0.29, 0.717) is 11.6 Å². The van der Waals surface area contributed by atoms with Crippen LogP contribution in [0.15, 0.2) is 18.2 Å². The van der Waals surface area contributed by atoms with E-state index in [1.165, 1.54) is 44.6 Å². The van der Waals surface area contributed by atoms with Crippen LogP contribution in [0, 0.1) is 23.1 Å². The van der Waals surface area contributed by atoms with Crippen LogP contribution in [-0.2, 0) is 0 Å². The molecule has 1 N–H and O–H groups in total. The van der Waals surface area contributed by atoms with E-state index in [4.69, 9.17) is 5.26 Å². The van der Waals surface area contributed by atoms with Gasteiger partial charge in [-0.1, -0.05) is 72.3 Å².